The van der Waals surface area contributed by atoms with Gasteiger partial charge >= 0.3 is 5.97 Å². The van der Waals surface area contributed by atoms with Crippen LogP contribution in [0.25, 0.3) is 22.1 Å². The molecule has 31 heavy (non-hydrogen) atoms. The predicted octanol–water partition coefficient (Wildman–Crippen LogP) is 2.89. The lowest BCUT2D eigenvalue weighted by Crippen LogP contribution is -2.33. The number of carbonyl (C=O) groups is 3. The molecular formula is C22H16FNO7. The van der Waals surface area contributed by atoms with Gasteiger partial charge in [-0.3, -0.25) is 14.4 Å². The number of halogens is 1. The van der Waals surface area contributed by atoms with E-state index in [1.54, 1.807) is 6.92 Å². The second-order valence-corrected chi connectivity index (χ2v) is 6.86. The van der Waals surface area contributed by atoms with Gasteiger partial charge in [0.2, 0.25) is 5.43 Å². The van der Waals surface area contributed by atoms with Gasteiger partial charge in [0, 0.05) is 18.9 Å². The molecule has 1 saturated heterocycles. The molecule has 8 nitrogen and oxygen atoms in total. The quantitative estimate of drug-likeness (QED) is 0.579. The molecular weight excluding hydrogens is 409 g/mol. The molecule has 0 saturated carbocycles. The molecule has 0 unspecified atom stereocenters. The van der Waals surface area contributed by atoms with Gasteiger partial charge in [0.15, 0.2) is 6.61 Å². The van der Waals surface area contributed by atoms with Crippen molar-refractivity contribution in [3.05, 3.63) is 64.3 Å². The summed E-state index contributed by atoms with van der Waals surface area (Å²) in [6, 6.07) is 9.93. The lowest BCUT2D eigenvalue weighted by molar-refractivity contribution is -0.198. The summed E-state index contributed by atoms with van der Waals surface area (Å²) >= 11 is 0. The summed E-state index contributed by atoms with van der Waals surface area (Å²) in [5.41, 5.74) is 0.805. The lowest BCUT2D eigenvalue weighted by Gasteiger charge is -2.13. The first kappa shape index (κ1) is 20.3. The number of ether oxygens (including phenoxy) is 1. The van der Waals surface area contributed by atoms with E-state index < -0.39 is 30.2 Å². The Kier molecular flexibility index (Phi) is 5.24. The van der Waals surface area contributed by atoms with E-state index in [0.29, 0.717) is 22.0 Å². The average Bonchev–Trinajstić information content (AvgIpc) is 3.05. The molecule has 3 aromatic rings. The van der Waals surface area contributed by atoms with E-state index in [1.165, 1.54) is 42.5 Å². The maximum Gasteiger partial charge on any atom is 0.370 e. The smallest absolute Gasteiger partial charge is 0.370 e. The van der Waals surface area contributed by atoms with Crippen LogP contribution in [0.2, 0.25) is 0 Å². The maximum atomic E-state index is 13.2. The van der Waals surface area contributed by atoms with Crippen LogP contribution in [-0.2, 0) is 19.2 Å². The first-order valence-electron chi connectivity index (χ1n) is 9.36. The summed E-state index contributed by atoms with van der Waals surface area (Å²) in [5, 5.41) is 0.721. The van der Waals surface area contributed by atoms with Gasteiger partial charge < -0.3 is 14.0 Å². The summed E-state index contributed by atoms with van der Waals surface area (Å²) < 4.78 is 24.3. The first-order valence-corrected chi connectivity index (χ1v) is 9.36. The van der Waals surface area contributed by atoms with Crippen molar-refractivity contribution in [1.29, 1.82) is 0 Å². The van der Waals surface area contributed by atoms with Crippen molar-refractivity contribution in [2.75, 3.05) is 6.61 Å². The highest BCUT2D eigenvalue weighted by Gasteiger charge is 2.32. The fourth-order valence-corrected chi connectivity index (χ4v) is 3.25. The monoisotopic (exact) mass is 425 g/mol. The number of carbonyl (C=O) groups excluding carboxylic acids is 3. The first-order chi connectivity index (χ1) is 14.8. The summed E-state index contributed by atoms with van der Waals surface area (Å²) in [7, 11) is 0. The Balaban J connectivity index is 1.53. The zero-order valence-corrected chi connectivity index (χ0v) is 16.3. The number of hydrogen-bond donors (Lipinski definition) is 0. The fraction of sp³-hybridized carbons (Fsp3) is 0.182. The molecule has 158 valence electrons. The van der Waals surface area contributed by atoms with Gasteiger partial charge in [0.25, 0.3) is 11.8 Å². The van der Waals surface area contributed by atoms with Crippen LogP contribution in [0, 0.1) is 12.7 Å². The van der Waals surface area contributed by atoms with Gasteiger partial charge in [-0.15, -0.1) is 5.06 Å². The molecule has 1 aliphatic rings. The Labute approximate surface area is 174 Å². The van der Waals surface area contributed by atoms with Crippen LogP contribution >= 0.6 is 0 Å². The molecule has 0 atom stereocenters. The second-order valence-electron chi connectivity index (χ2n) is 6.86. The molecule has 2 amide bonds. The Morgan fingerprint density at radius 1 is 1.06 bits per heavy atom. The fourth-order valence-electron chi connectivity index (χ4n) is 3.25. The summed E-state index contributed by atoms with van der Waals surface area (Å²) in [4.78, 5) is 52.5. The standard InChI is InChI=1S/C22H16FNO7/c1-12-21(13-2-4-14(23)5-3-13)22(28)16-7-6-15(10-17(16)30-12)29-11-20(27)31-24-18(25)8-9-19(24)26/h2-7,10H,8-9,11H2,1H3. The van der Waals surface area contributed by atoms with Gasteiger partial charge in [-0.05, 0) is 36.8 Å². The Bertz CT molecular complexity index is 1250. The third kappa shape index (κ3) is 4.02. The highest BCUT2D eigenvalue weighted by molar-refractivity contribution is 6.01. The Morgan fingerprint density at radius 3 is 2.42 bits per heavy atom. The van der Waals surface area contributed by atoms with Crippen LogP contribution in [0.15, 0.2) is 51.7 Å². The van der Waals surface area contributed by atoms with Gasteiger partial charge in [-0.2, -0.15) is 0 Å². The van der Waals surface area contributed by atoms with Crippen LogP contribution in [0.3, 0.4) is 0 Å². The van der Waals surface area contributed by atoms with E-state index in [-0.39, 0.29) is 35.0 Å². The van der Waals surface area contributed by atoms with E-state index in [4.69, 9.17) is 14.0 Å². The highest BCUT2D eigenvalue weighted by atomic mass is 19.1. The number of hydrogen-bond acceptors (Lipinski definition) is 7. The van der Waals surface area contributed by atoms with Crippen molar-refractivity contribution in [3.8, 4) is 16.9 Å². The van der Waals surface area contributed by atoms with Crippen LogP contribution in [0.5, 0.6) is 5.75 Å². The molecule has 2 heterocycles. The van der Waals surface area contributed by atoms with Gasteiger partial charge in [-0.1, -0.05) is 12.1 Å². The van der Waals surface area contributed by atoms with Crippen molar-refractivity contribution in [2.45, 2.75) is 19.8 Å². The molecule has 0 radical (unpaired) electrons. The number of imide groups is 1. The van der Waals surface area contributed by atoms with Crippen molar-refractivity contribution >= 4 is 28.8 Å². The third-order valence-electron chi connectivity index (χ3n) is 4.73. The van der Waals surface area contributed by atoms with Gasteiger partial charge in [0.1, 0.15) is 22.9 Å². The number of aryl methyl sites for hydroxylation is 1. The Morgan fingerprint density at radius 2 is 1.74 bits per heavy atom. The van der Waals surface area contributed by atoms with Crippen LogP contribution in [-0.4, -0.2) is 29.5 Å². The Hall–Kier alpha value is -4.01. The third-order valence-corrected chi connectivity index (χ3v) is 4.73. The molecule has 1 aliphatic heterocycles. The zero-order valence-electron chi connectivity index (χ0n) is 16.3. The predicted molar refractivity (Wildman–Crippen MR) is 105 cm³/mol. The van der Waals surface area contributed by atoms with Crippen molar-refractivity contribution in [3.63, 3.8) is 0 Å². The van der Waals surface area contributed by atoms with Crippen molar-refractivity contribution < 1.29 is 32.8 Å². The van der Waals surface area contributed by atoms with E-state index in [0.717, 1.165) is 0 Å². The van der Waals surface area contributed by atoms with E-state index in [9.17, 15) is 23.6 Å². The summed E-state index contributed by atoms with van der Waals surface area (Å²) in [6.45, 7) is 1.06. The zero-order chi connectivity index (χ0) is 22.1. The van der Waals surface area contributed by atoms with Crippen LogP contribution in [0.4, 0.5) is 4.39 Å². The normalized spacial score (nSPS) is 13.7. The minimum Gasteiger partial charge on any atom is -0.482 e. The van der Waals surface area contributed by atoms with Gasteiger partial charge in [0.05, 0.1) is 10.9 Å². The summed E-state index contributed by atoms with van der Waals surface area (Å²) in [5.74, 6) is -1.94. The molecule has 1 fully saturated rings. The molecule has 9 heteroatoms. The van der Waals surface area contributed by atoms with E-state index in [1.807, 2.05) is 0 Å². The average molecular weight is 425 g/mol. The van der Waals surface area contributed by atoms with Crippen LogP contribution in [0.1, 0.15) is 18.6 Å². The topological polar surface area (TPSA) is 103 Å². The number of amides is 2. The molecule has 0 aliphatic carbocycles. The largest absolute Gasteiger partial charge is 0.482 e. The molecule has 1 aromatic heterocycles. The van der Waals surface area contributed by atoms with E-state index in [2.05, 4.69) is 0 Å². The van der Waals surface area contributed by atoms with Crippen molar-refractivity contribution in [2.24, 2.45) is 0 Å². The number of fused-ring (bicyclic) bond motifs is 1. The SMILES string of the molecule is Cc1oc2cc(OCC(=O)ON3C(=O)CCC3=O)ccc2c(=O)c1-c1ccc(F)cc1. The molecule has 0 spiro atoms. The molecule has 2 aromatic carbocycles. The minimum atomic E-state index is -0.923. The highest BCUT2D eigenvalue weighted by Crippen LogP contribution is 2.26. The minimum absolute atomic E-state index is 0.00403. The summed E-state index contributed by atoms with van der Waals surface area (Å²) in [6.07, 6.45) is -0.00806. The maximum absolute atomic E-state index is 13.2. The lowest BCUT2D eigenvalue weighted by atomic mass is 10.0. The number of benzene rings is 2. The second kappa shape index (κ2) is 8.02. The molecule has 0 bridgehead atoms. The number of hydroxylamine groups is 2. The molecule has 0 N–H and O–H groups in total. The number of nitrogens with zero attached hydrogens (tertiary/aromatic N) is 1. The van der Waals surface area contributed by atoms with Crippen molar-refractivity contribution in [1.82, 2.24) is 5.06 Å². The van der Waals surface area contributed by atoms with Gasteiger partial charge in [-0.25, -0.2) is 9.18 Å². The van der Waals surface area contributed by atoms with Crippen LogP contribution < -0.4 is 10.2 Å². The number of rotatable bonds is 5. The molecule has 4 rings (SSSR count). The van der Waals surface area contributed by atoms with E-state index >= 15 is 0 Å².